The van der Waals surface area contributed by atoms with E-state index in [1.165, 1.54) is 0 Å². The Balaban J connectivity index is 1.60. The van der Waals surface area contributed by atoms with Crippen molar-refractivity contribution in [2.24, 2.45) is 0 Å². The van der Waals surface area contributed by atoms with Crippen molar-refractivity contribution in [2.45, 2.75) is 25.9 Å². The van der Waals surface area contributed by atoms with Gasteiger partial charge in [-0.25, -0.2) is 4.68 Å². The van der Waals surface area contributed by atoms with Crippen LogP contribution in [0.3, 0.4) is 0 Å². The average Bonchev–Trinajstić information content (AvgIpc) is 3.11. The van der Waals surface area contributed by atoms with Crippen LogP contribution in [0.5, 0.6) is 0 Å². The first kappa shape index (κ1) is 17.2. The van der Waals surface area contributed by atoms with E-state index >= 15 is 0 Å². The van der Waals surface area contributed by atoms with Gasteiger partial charge in [0.05, 0.1) is 11.8 Å². The quantitative estimate of drug-likeness (QED) is 0.860. The Morgan fingerprint density at radius 1 is 1.28 bits per heavy atom. The van der Waals surface area contributed by atoms with Gasteiger partial charge in [0.15, 0.2) is 5.82 Å². The molecular formula is C18H22N4O3. The molecule has 2 heterocycles. The Bertz CT molecular complexity index is 727. The smallest absolute Gasteiger partial charge is 0.315 e. The molecule has 0 unspecified atom stereocenters. The van der Waals surface area contributed by atoms with Gasteiger partial charge in [-0.1, -0.05) is 18.2 Å². The highest BCUT2D eigenvalue weighted by Gasteiger charge is 2.28. The predicted molar refractivity (Wildman–Crippen MR) is 93.4 cm³/mol. The van der Waals surface area contributed by atoms with Crippen molar-refractivity contribution in [3.63, 3.8) is 0 Å². The first-order valence-corrected chi connectivity index (χ1v) is 8.50. The first-order chi connectivity index (χ1) is 12.2. The molecule has 7 nitrogen and oxygen atoms in total. The molecule has 1 atom stereocenters. The molecule has 0 radical (unpaired) electrons. The summed E-state index contributed by atoms with van der Waals surface area (Å²) in [5.74, 6) is -0.866. The van der Waals surface area contributed by atoms with Crippen molar-refractivity contribution >= 4 is 17.6 Å². The second kappa shape index (κ2) is 7.94. The number of piperidine rings is 1. The molecule has 0 saturated carbocycles. The number of benzene rings is 1. The van der Waals surface area contributed by atoms with E-state index in [1.807, 2.05) is 37.3 Å². The number of amides is 2. The summed E-state index contributed by atoms with van der Waals surface area (Å²) in [5.41, 5.74) is 0.880. The minimum atomic E-state index is -0.671. The number of likely N-dealkylation sites (tertiary alicyclic amines) is 1. The third kappa shape index (κ3) is 4.24. The number of aromatic nitrogens is 2. The van der Waals surface area contributed by atoms with Crippen LogP contribution in [-0.2, 0) is 14.3 Å². The van der Waals surface area contributed by atoms with Crippen LogP contribution >= 0.6 is 0 Å². The summed E-state index contributed by atoms with van der Waals surface area (Å²) in [4.78, 5) is 26.1. The Kier molecular flexibility index (Phi) is 5.45. The van der Waals surface area contributed by atoms with E-state index < -0.39 is 11.8 Å². The number of rotatable bonds is 4. The third-order valence-electron chi connectivity index (χ3n) is 4.11. The van der Waals surface area contributed by atoms with Crippen molar-refractivity contribution in [2.75, 3.05) is 25.0 Å². The van der Waals surface area contributed by atoms with Gasteiger partial charge in [-0.2, -0.15) is 5.10 Å². The molecule has 132 valence electrons. The van der Waals surface area contributed by atoms with Crippen LogP contribution in [0, 0.1) is 0 Å². The molecule has 2 aromatic rings. The summed E-state index contributed by atoms with van der Waals surface area (Å²) in [7, 11) is 0. The molecule has 1 saturated heterocycles. The van der Waals surface area contributed by atoms with E-state index in [9.17, 15) is 9.59 Å². The zero-order valence-corrected chi connectivity index (χ0v) is 14.2. The van der Waals surface area contributed by atoms with Crippen molar-refractivity contribution in [1.82, 2.24) is 14.7 Å². The standard InChI is InChI=1S/C18H22N4O3/c1-2-25-15-9-6-11-21(13-15)18(24)17(23)19-16-10-12-22(20-16)14-7-4-3-5-8-14/h3-5,7-8,10,12,15H,2,6,9,11,13H2,1H3,(H,19,20,23)/t15-/m1/s1. The van der Waals surface area contributed by atoms with Crippen LogP contribution in [0.15, 0.2) is 42.6 Å². The van der Waals surface area contributed by atoms with Crippen LogP contribution in [0.4, 0.5) is 5.82 Å². The fraction of sp³-hybridized carbons (Fsp3) is 0.389. The molecule has 1 aliphatic heterocycles. The summed E-state index contributed by atoms with van der Waals surface area (Å²) in [6, 6.07) is 11.2. The summed E-state index contributed by atoms with van der Waals surface area (Å²) in [6.45, 7) is 3.57. The molecule has 1 aromatic carbocycles. The Hall–Kier alpha value is -2.67. The number of carbonyl (C=O) groups excluding carboxylic acids is 2. The molecule has 1 aliphatic rings. The van der Waals surface area contributed by atoms with Gasteiger partial charge in [0.25, 0.3) is 0 Å². The van der Waals surface area contributed by atoms with Crippen LogP contribution in [-0.4, -0.2) is 52.3 Å². The van der Waals surface area contributed by atoms with E-state index in [-0.39, 0.29) is 6.10 Å². The fourth-order valence-corrected chi connectivity index (χ4v) is 2.92. The predicted octanol–water partition coefficient (Wildman–Crippen LogP) is 1.84. The lowest BCUT2D eigenvalue weighted by Crippen LogP contribution is -2.47. The maximum Gasteiger partial charge on any atom is 0.315 e. The van der Waals surface area contributed by atoms with Crippen molar-refractivity contribution in [3.05, 3.63) is 42.6 Å². The maximum atomic E-state index is 12.4. The van der Waals surface area contributed by atoms with Crippen molar-refractivity contribution in [1.29, 1.82) is 0 Å². The summed E-state index contributed by atoms with van der Waals surface area (Å²) in [6.07, 6.45) is 3.50. The van der Waals surface area contributed by atoms with Crippen LogP contribution < -0.4 is 5.32 Å². The van der Waals surface area contributed by atoms with Gasteiger partial charge in [0.1, 0.15) is 0 Å². The molecule has 3 rings (SSSR count). The highest BCUT2D eigenvalue weighted by molar-refractivity contribution is 6.39. The third-order valence-corrected chi connectivity index (χ3v) is 4.11. The van der Waals surface area contributed by atoms with E-state index in [0.29, 0.717) is 25.5 Å². The largest absolute Gasteiger partial charge is 0.377 e. The van der Waals surface area contributed by atoms with Crippen LogP contribution in [0.25, 0.3) is 5.69 Å². The first-order valence-electron chi connectivity index (χ1n) is 8.50. The van der Waals surface area contributed by atoms with E-state index in [4.69, 9.17) is 4.74 Å². The average molecular weight is 342 g/mol. The number of hydrogen-bond acceptors (Lipinski definition) is 4. The van der Waals surface area contributed by atoms with Gasteiger partial charge < -0.3 is 15.0 Å². The van der Waals surface area contributed by atoms with Gasteiger partial charge in [-0.3, -0.25) is 9.59 Å². The highest BCUT2D eigenvalue weighted by Crippen LogP contribution is 2.14. The van der Waals surface area contributed by atoms with E-state index in [2.05, 4.69) is 10.4 Å². The lowest BCUT2D eigenvalue weighted by molar-refractivity contribution is -0.145. The zero-order valence-electron chi connectivity index (χ0n) is 14.2. The molecule has 0 bridgehead atoms. The summed E-state index contributed by atoms with van der Waals surface area (Å²) < 4.78 is 7.22. The van der Waals surface area contributed by atoms with Crippen LogP contribution in [0.1, 0.15) is 19.8 Å². The molecule has 25 heavy (non-hydrogen) atoms. The van der Waals surface area contributed by atoms with Gasteiger partial charge in [-0.15, -0.1) is 0 Å². The van der Waals surface area contributed by atoms with Crippen molar-refractivity contribution in [3.8, 4) is 5.69 Å². The fourth-order valence-electron chi connectivity index (χ4n) is 2.92. The molecule has 0 spiro atoms. The number of nitrogens with one attached hydrogen (secondary N) is 1. The lowest BCUT2D eigenvalue weighted by Gasteiger charge is -2.31. The number of anilines is 1. The number of carbonyl (C=O) groups is 2. The molecule has 1 aromatic heterocycles. The molecule has 2 amide bonds. The molecule has 7 heteroatoms. The Morgan fingerprint density at radius 3 is 2.84 bits per heavy atom. The van der Waals surface area contributed by atoms with Crippen LogP contribution in [0.2, 0.25) is 0 Å². The topological polar surface area (TPSA) is 76.5 Å². The minimum absolute atomic E-state index is 0.00721. The van der Waals surface area contributed by atoms with Gasteiger partial charge in [-0.05, 0) is 31.9 Å². The molecule has 1 fully saturated rings. The number of para-hydroxylation sites is 1. The monoisotopic (exact) mass is 342 g/mol. The van der Waals surface area contributed by atoms with Crippen molar-refractivity contribution < 1.29 is 14.3 Å². The van der Waals surface area contributed by atoms with Gasteiger partial charge in [0.2, 0.25) is 0 Å². The molecule has 1 N–H and O–H groups in total. The second-order valence-electron chi connectivity index (χ2n) is 5.91. The lowest BCUT2D eigenvalue weighted by atomic mass is 10.1. The Labute approximate surface area is 146 Å². The number of ether oxygens (including phenoxy) is 1. The van der Waals surface area contributed by atoms with E-state index in [0.717, 1.165) is 18.5 Å². The normalized spacial score (nSPS) is 17.3. The highest BCUT2D eigenvalue weighted by atomic mass is 16.5. The maximum absolute atomic E-state index is 12.4. The zero-order chi connectivity index (χ0) is 17.6. The van der Waals surface area contributed by atoms with Gasteiger partial charge >= 0.3 is 11.8 Å². The second-order valence-corrected chi connectivity index (χ2v) is 5.91. The summed E-state index contributed by atoms with van der Waals surface area (Å²) in [5, 5.41) is 6.85. The Morgan fingerprint density at radius 2 is 2.08 bits per heavy atom. The number of nitrogens with zero attached hydrogens (tertiary/aromatic N) is 3. The van der Waals surface area contributed by atoms with E-state index in [1.54, 1.807) is 21.8 Å². The summed E-state index contributed by atoms with van der Waals surface area (Å²) >= 11 is 0. The van der Waals surface area contributed by atoms with Gasteiger partial charge in [0, 0.05) is 32.0 Å². The minimum Gasteiger partial charge on any atom is -0.377 e. The molecular weight excluding hydrogens is 320 g/mol. The molecule has 0 aliphatic carbocycles. The SMILES string of the molecule is CCO[C@@H]1CCCN(C(=O)C(=O)Nc2ccn(-c3ccccc3)n2)C1. The number of hydrogen-bond donors (Lipinski definition) is 1.